The number of hydrogen-bond acceptors (Lipinski definition) is 5. The summed E-state index contributed by atoms with van der Waals surface area (Å²) in [4.78, 5) is 24.4. The van der Waals surface area contributed by atoms with Crippen LogP contribution in [0.25, 0.3) is 11.4 Å². The normalized spacial score (nSPS) is 22.4. The molecule has 1 aromatic carbocycles. The van der Waals surface area contributed by atoms with Crippen LogP contribution in [0.2, 0.25) is 0 Å². The lowest BCUT2D eigenvalue weighted by Crippen LogP contribution is -2.57. The first-order valence-electron chi connectivity index (χ1n) is 10.0. The molecule has 6 heteroatoms. The van der Waals surface area contributed by atoms with E-state index in [1.54, 1.807) is 0 Å². The van der Waals surface area contributed by atoms with Crippen molar-refractivity contribution in [1.82, 2.24) is 14.9 Å². The Labute approximate surface area is 164 Å². The number of piperidine rings is 1. The third-order valence-corrected chi connectivity index (χ3v) is 6.29. The van der Waals surface area contributed by atoms with Gasteiger partial charge in [-0.1, -0.05) is 30.3 Å². The maximum Gasteiger partial charge on any atom is 0.233 e. The number of fused-ring (bicyclic) bond motifs is 2. The van der Waals surface area contributed by atoms with Crippen LogP contribution in [0.3, 0.4) is 0 Å². The van der Waals surface area contributed by atoms with Crippen LogP contribution >= 0.6 is 0 Å². The molecule has 0 unspecified atom stereocenters. The molecule has 5 rings (SSSR count). The maximum absolute atomic E-state index is 12.8. The van der Waals surface area contributed by atoms with Gasteiger partial charge in [0.05, 0.1) is 30.9 Å². The molecule has 0 bridgehead atoms. The molecule has 0 atom stereocenters. The third kappa shape index (κ3) is 2.83. The molecule has 0 saturated carbocycles. The quantitative estimate of drug-likeness (QED) is 0.802. The fourth-order valence-electron chi connectivity index (χ4n) is 4.50. The summed E-state index contributed by atoms with van der Waals surface area (Å²) in [6.45, 7) is 5.12. The smallest absolute Gasteiger partial charge is 0.233 e. The van der Waals surface area contributed by atoms with Crippen molar-refractivity contribution in [3.8, 4) is 11.4 Å². The topological polar surface area (TPSA) is 64.6 Å². The first-order chi connectivity index (χ1) is 13.6. The molecule has 146 valence electrons. The second-order valence-electron chi connectivity index (χ2n) is 8.37. The monoisotopic (exact) mass is 379 g/mol. The van der Waals surface area contributed by atoms with Crippen molar-refractivity contribution < 1.29 is 14.3 Å². The first-order valence-corrected chi connectivity index (χ1v) is 10.0. The standard InChI is InChI=1S/C22H25N3O3/c1-21(14-27-15-21)20(26)25-10-8-22(9-11-25)18-17(7-12-28-22)13-23-19(24-18)16-5-3-2-4-6-16/h2-6,13H,7-12,14-15H2,1H3. The number of aromatic nitrogens is 2. The van der Waals surface area contributed by atoms with Crippen molar-refractivity contribution >= 4 is 5.91 Å². The molecule has 3 aliphatic rings. The average Bonchev–Trinajstić information content (AvgIpc) is 2.73. The van der Waals surface area contributed by atoms with Crippen LogP contribution < -0.4 is 0 Å². The Morgan fingerprint density at radius 2 is 1.89 bits per heavy atom. The molecule has 0 N–H and O–H groups in total. The number of nitrogens with zero attached hydrogens (tertiary/aromatic N) is 3. The molecule has 2 aromatic rings. The maximum atomic E-state index is 12.8. The molecule has 0 aliphatic carbocycles. The number of carbonyl (C=O) groups is 1. The van der Waals surface area contributed by atoms with Crippen molar-refractivity contribution in [2.75, 3.05) is 32.9 Å². The summed E-state index contributed by atoms with van der Waals surface area (Å²) in [5.41, 5.74) is 2.44. The van der Waals surface area contributed by atoms with E-state index in [1.165, 1.54) is 5.56 Å². The molecule has 4 heterocycles. The Morgan fingerprint density at radius 3 is 2.57 bits per heavy atom. The van der Waals surface area contributed by atoms with E-state index in [2.05, 4.69) is 4.98 Å². The second kappa shape index (κ2) is 6.64. The van der Waals surface area contributed by atoms with E-state index in [0.29, 0.717) is 32.9 Å². The highest BCUT2D eigenvalue weighted by Gasteiger charge is 2.48. The Balaban J connectivity index is 1.41. The molecule has 6 nitrogen and oxygen atoms in total. The minimum atomic E-state index is -0.409. The van der Waals surface area contributed by atoms with E-state index in [4.69, 9.17) is 14.5 Å². The lowest BCUT2D eigenvalue weighted by Gasteiger charge is -2.47. The van der Waals surface area contributed by atoms with Gasteiger partial charge in [0.25, 0.3) is 0 Å². The van der Waals surface area contributed by atoms with Gasteiger partial charge in [-0.2, -0.15) is 0 Å². The lowest BCUT2D eigenvalue weighted by atomic mass is 9.81. The molecule has 1 aromatic heterocycles. The highest BCUT2D eigenvalue weighted by atomic mass is 16.5. The van der Waals surface area contributed by atoms with Gasteiger partial charge >= 0.3 is 0 Å². The molecule has 2 saturated heterocycles. The molecule has 28 heavy (non-hydrogen) atoms. The lowest BCUT2D eigenvalue weighted by molar-refractivity contribution is -0.175. The van der Waals surface area contributed by atoms with Crippen LogP contribution in [0.5, 0.6) is 0 Å². The number of ether oxygens (including phenoxy) is 2. The highest BCUT2D eigenvalue weighted by molar-refractivity contribution is 5.83. The molecule has 2 fully saturated rings. The minimum Gasteiger partial charge on any atom is -0.379 e. The van der Waals surface area contributed by atoms with Gasteiger partial charge < -0.3 is 14.4 Å². The van der Waals surface area contributed by atoms with Crippen molar-refractivity contribution in [3.63, 3.8) is 0 Å². The molecular weight excluding hydrogens is 354 g/mol. The number of benzene rings is 1. The Kier molecular flexibility index (Phi) is 4.21. The van der Waals surface area contributed by atoms with Crippen LogP contribution in [0.1, 0.15) is 31.0 Å². The fourth-order valence-corrected chi connectivity index (χ4v) is 4.50. The van der Waals surface area contributed by atoms with Crippen LogP contribution in [-0.2, 0) is 26.3 Å². The number of rotatable bonds is 2. The molecular formula is C22H25N3O3. The molecule has 1 amide bonds. The van der Waals surface area contributed by atoms with E-state index >= 15 is 0 Å². The van der Waals surface area contributed by atoms with Gasteiger partial charge in [-0.3, -0.25) is 4.79 Å². The van der Waals surface area contributed by atoms with Crippen molar-refractivity contribution in [3.05, 3.63) is 47.8 Å². The zero-order chi connectivity index (χ0) is 19.2. The predicted molar refractivity (Wildman–Crippen MR) is 104 cm³/mol. The summed E-state index contributed by atoms with van der Waals surface area (Å²) < 4.78 is 11.6. The van der Waals surface area contributed by atoms with Crippen molar-refractivity contribution in [1.29, 1.82) is 0 Å². The fraction of sp³-hybridized carbons (Fsp3) is 0.500. The summed E-state index contributed by atoms with van der Waals surface area (Å²) in [5.74, 6) is 0.944. The van der Waals surface area contributed by atoms with Crippen LogP contribution in [0, 0.1) is 5.41 Å². The van der Waals surface area contributed by atoms with Crippen molar-refractivity contribution in [2.45, 2.75) is 31.8 Å². The highest BCUT2D eigenvalue weighted by Crippen LogP contribution is 2.42. The third-order valence-electron chi connectivity index (χ3n) is 6.29. The molecule has 0 radical (unpaired) electrons. The van der Waals surface area contributed by atoms with Gasteiger partial charge in [0.15, 0.2) is 5.82 Å². The zero-order valence-electron chi connectivity index (χ0n) is 16.2. The summed E-state index contributed by atoms with van der Waals surface area (Å²) in [6.07, 6.45) is 4.34. The molecule has 3 aliphatic heterocycles. The van der Waals surface area contributed by atoms with E-state index in [-0.39, 0.29) is 11.3 Å². The number of carbonyl (C=O) groups excluding carboxylic acids is 1. The average molecular weight is 379 g/mol. The summed E-state index contributed by atoms with van der Waals surface area (Å²) >= 11 is 0. The van der Waals surface area contributed by atoms with Crippen LogP contribution in [0.4, 0.5) is 0 Å². The van der Waals surface area contributed by atoms with Gasteiger partial charge in [-0.05, 0) is 31.7 Å². The minimum absolute atomic E-state index is 0.206. The van der Waals surface area contributed by atoms with Gasteiger partial charge in [0, 0.05) is 24.8 Å². The van der Waals surface area contributed by atoms with E-state index < -0.39 is 5.60 Å². The number of likely N-dealkylation sites (tertiary alicyclic amines) is 1. The predicted octanol–water partition coefficient (Wildman–Crippen LogP) is 2.57. The molecule has 1 spiro atoms. The second-order valence-corrected chi connectivity index (χ2v) is 8.37. The zero-order valence-corrected chi connectivity index (χ0v) is 16.2. The summed E-state index contributed by atoms with van der Waals surface area (Å²) in [6, 6.07) is 10.0. The van der Waals surface area contributed by atoms with Crippen LogP contribution in [-0.4, -0.2) is 53.7 Å². The summed E-state index contributed by atoms with van der Waals surface area (Å²) in [5, 5.41) is 0. The van der Waals surface area contributed by atoms with Gasteiger partial charge in [-0.25, -0.2) is 9.97 Å². The Hall–Kier alpha value is -2.31. The first kappa shape index (κ1) is 17.8. The number of hydrogen-bond donors (Lipinski definition) is 0. The Bertz CT molecular complexity index is 887. The summed E-state index contributed by atoms with van der Waals surface area (Å²) in [7, 11) is 0. The SMILES string of the molecule is CC1(C(=O)N2CCC3(CC2)OCCc2cnc(-c4ccccc4)nc23)COC1. The van der Waals surface area contributed by atoms with Gasteiger partial charge in [0.1, 0.15) is 5.60 Å². The van der Waals surface area contributed by atoms with E-state index in [9.17, 15) is 4.79 Å². The van der Waals surface area contributed by atoms with Crippen molar-refractivity contribution in [2.24, 2.45) is 5.41 Å². The van der Waals surface area contributed by atoms with Gasteiger partial charge in [0.2, 0.25) is 5.91 Å². The van der Waals surface area contributed by atoms with Gasteiger partial charge in [-0.15, -0.1) is 0 Å². The van der Waals surface area contributed by atoms with E-state index in [0.717, 1.165) is 36.3 Å². The number of amides is 1. The van der Waals surface area contributed by atoms with E-state index in [1.807, 2.05) is 48.4 Å². The largest absolute Gasteiger partial charge is 0.379 e. The Morgan fingerprint density at radius 1 is 1.14 bits per heavy atom. The van der Waals surface area contributed by atoms with Crippen LogP contribution in [0.15, 0.2) is 36.5 Å².